The zero-order valence-electron chi connectivity index (χ0n) is 19.0. The molecule has 0 radical (unpaired) electrons. The Morgan fingerprint density at radius 3 is 2.88 bits per heavy atom. The van der Waals surface area contributed by atoms with Gasteiger partial charge in [0.1, 0.15) is 0 Å². The quantitative estimate of drug-likeness (QED) is 0.403. The number of benzene rings is 2. The van der Waals surface area contributed by atoms with E-state index in [1.807, 2.05) is 0 Å². The van der Waals surface area contributed by atoms with Gasteiger partial charge in [-0.3, -0.25) is 4.90 Å². The molecule has 0 fully saturated rings. The highest BCUT2D eigenvalue weighted by molar-refractivity contribution is 5.87. The summed E-state index contributed by atoms with van der Waals surface area (Å²) in [5, 5.41) is 11.1. The molecule has 5 heteroatoms. The zero-order valence-corrected chi connectivity index (χ0v) is 19.0. The van der Waals surface area contributed by atoms with Crippen molar-refractivity contribution in [3.63, 3.8) is 0 Å². The summed E-state index contributed by atoms with van der Waals surface area (Å²) >= 11 is 0. The van der Waals surface area contributed by atoms with Crippen LogP contribution in [-0.4, -0.2) is 47.3 Å². The molecule has 5 nitrogen and oxygen atoms in total. The third kappa shape index (κ3) is 4.64. The third-order valence-corrected chi connectivity index (χ3v) is 6.53. The number of ether oxygens (including phenoxy) is 1. The molecule has 1 heterocycles. The van der Waals surface area contributed by atoms with Crippen LogP contribution in [0.25, 0.3) is 17.0 Å². The number of aliphatic hydroxyl groups excluding tert-OH is 1. The number of rotatable bonds is 9. The minimum Gasteiger partial charge on any atom is -0.466 e. The fraction of sp³-hybridized carbons (Fsp3) is 0.370. The normalized spacial score (nSPS) is 15.7. The summed E-state index contributed by atoms with van der Waals surface area (Å²) in [6.07, 6.45) is 8.56. The molecule has 168 valence electrons. The lowest BCUT2D eigenvalue weighted by atomic mass is 10.0. The molecular formula is C27H32N2O3. The van der Waals surface area contributed by atoms with E-state index < -0.39 is 0 Å². The van der Waals surface area contributed by atoms with Gasteiger partial charge >= 0.3 is 5.97 Å². The Balaban J connectivity index is 1.51. The molecule has 0 saturated carbocycles. The van der Waals surface area contributed by atoms with Crippen molar-refractivity contribution in [2.24, 2.45) is 0 Å². The second kappa shape index (κ2) is 10.2. The fourth-order valence-electron chi connectivity index (χ4n) is 4.93. The summed E-state index contributed by atoms with van der Waals surface area (Å²) in [4.78, 5) is 13.8. The van der Waals surface area contributed by atoms with Crippen LogP contribution in [0.3, 0.4) is 0 Å². The molecule has 1 aromatic heterocycles. The highest BCUT2D eigenvalue weighted by Crippen LogP contribution is 2.36. The molecule has 1 N–H and O–H groups in total. The van der Waals surface area contributed by atoms with Crippen molar-refractivity contribution in [3.05, 3.63) is 77.0 Å². The molecule has 1 aliphatic rings. The number of esters is 1. The van der Waals surface area contributed by atoms with Gasteiger partial charge in [0.15, 0.2) is 0 Å². The molecule has 1 atom stereocenters. The number of aromatic nitrogens is 1. The van der Waals surface area contributed by atoms with Gasteiger partial charge in [0.05, 0.1) is 13.7 Å². The summed E-state index contributed by atoms with van der Waals surface area (Å²) in [7, 11) is 1.38. The lowest BCUT2D eigenvalue weighted by molar-refractivity contribution is -0.134. The molecule has 0 bridgehead atoms. The Bertz CT molecular complexity index is 1120. The largest absolute Gasteiger partial charge is 0.466 e. The lowest BCUT2D eigenvalue weighted by Gasteiger charge is -2.29. The first kappa shape index (κ1) is 22.3. The Hall–Kier alpha value is -2.89. The van der Waals surface area contributed by atoms with E-state index >= 15 is 0 Å². The second-order valence-corrected chi connectivity index (χ2v) is 8.34. The van der Waals surface area contributed by atoms with E-state index in [0.717, 1.165) is 37.9 Å². The Morgan fingerprint density at radius 2 is 2.09 bits per heavy atom. The minimum absolute atomic E-state index is 0.155. The van der Waals surface area contributed by atoms with E-state index in [9.17, 15) is 9.90 Å². The predicted molar refractivity (Wildman–Crippen MR) is 129 cm³/mol. The summed E-state index contributed by atoms with van der Waals surface area (Å²) < 4.78 is 7.00. The molecule has 32 heavy (non-hydrogen) atoms. The molecule has 3 aromatic rings. The molecule has 0 spiro atoms. The van der Waals surface area contributed by atoms with Crippen LogP contribution in [0, 0.1) is 0 Å². The van der Waals surface area contributed by atoms with Crippen LogP contribution < -0.4 is 0 Å². The number of carbonyl (C=O) groups excluding carboxylic acids is 1. The number of hydrogen-bond acceptors (Lipinski definition) is 4. The number of fused-ring (bicyclic) bond motifs is 2. The van der Waals surface area contributed by atoms with Crippen LogP contribution in [0.1, 0.15) is 41.6 Å². The molecule has 0 saturated heterocycles. The van der Waals surface area contributed by atoms with Gasteiger partial charge in [0.2, 0.25) is 0 Å². The molecule has 0 amide bonds. The number of aryl methyl sites for hydroxylation is 2. The maximum Gasteiger partial charge on any atom is 0.330 e. The average molecular weight is 433 g/mol. The highest BCUT2D eigenvalue weighted by Gasteiger charge is 2.27. The number of hydrogen-bond donors (Lipinski definition) is 1. The van der Waals surface area contributed by atoms with Crippen molar-refractivity contribution < 1.29 is 14.6 Å². The van der Waals surface area contributed by atoms with E-state index in [1.54, 1.807) is 6.08 Å². The van der Waals surface area contributed by atoms with Crippen molar-refractivity contribution >= 4 is 22.9 Å². The van der Waals surface area contributed by atoms with Gasteiger partial charge in [0, 0.05) is 48.9 Å². The highest BCUT2D eigenvalue weighted by atomic mass is 16.5. The SMILES string of the molecule is CCn1cc(CCN(CCO)C2CCc3cc(C=CC(=O)OC)ccc32)c2ccccc21. The maximum atomic E-state index is 11.4. The average Bonchev–Trinajstić information content (AvgIpc) is 3.41. The van der Waals surface area contributed by atoms with E-state index in [-0.39, 0.29) is 12.6 Å². The van der Waals surface area contributed by atoms with Crippen LogP contribution in [0.5, 0.6) is 0 Å². The van der Waals surface area contributed by atoms with Crippen LogP contribution in [0.15, 0.2) is 54.7 Å². The van der Waals surface area contributed by atoms with Crippen LogP contribution >= 0.6 is 0 Å². The number of para-hydroxylation sites is 1. The van der Waals surface area contributed by atoms with Gasteiger partial charge in [-0.25, -0.2) is 4.79 Å². The van der Waals surface area contributed by atoms with E-state index in [1.165, 1.54) is 40.8 Å². The van der Waals surface area contributed by atoms with Gasteiger partial charge in [-0.2, -0.15) is 0 Å². The predicted octanol–water partition coefficient (Wildman–Crippen LogP) is 4.37. The number of aliphatic hydroxyl groups is 1. The van der Waals surface area contributed by atoms with Gasteiger partial charge in [-0.1, -0.05) is 36.4 Å². The Labute approximate surface area is 189 Å². The van der Waals surface area contributed by atoms with Crippen LogP contribution in [-0.2, 0) is 28.9 Å². The third-order valence-electron chi connectivity index (χ3n) is 6.53. The minimum atomic E-state index is -0.345. The molecule has 2 aromatic carbocycles. The Morgan fingerprint density at radius 1 is 1.25 bits per heavy atom. The van der Waals surface area contributed by atoms with Gasteiger partial charge in [0.25, 0.3) is 0 Å². The first-order valence-corrected chi connectivity index (χ1v) is 11.4. The molecule has 1 unspecified atom stereocenters. The molecule has 4 rings (SSSR count). The summed E-state index contributed by atoms with van der Waals surface area (Å²) in [5.41, 5.74) is 6.33. The van der Waals surface area contributed by atoms with Crippen molar-refractivity contribution in [3.8, 4) is 0 Å². The second-order valence-electron chi connectivity index (χ2n) is 8.34. The standard InChI is InChI=1S/C27H32N2O3/c1-3-28-19-22(23-6-4-5-7-25(23)28)14-15-29(16-17-30)26-12-10-21-18-20(8-11-24(21)26)9-13-27(31)32-2/h4-9,11,13,18-19,26,30H,3,10,12,14-17H2,1-2H3. The van der Waals surface area contributed by atoms with Crippen molar-refractivity contribution in [2.75, 3.05) is 26.8 Å². The number of carbonyl (C=O) groups is 1. The van der Waals surface area contributed by atoms with Crippen LogP contribution in [0.4, 0.5) is 0 Å². The summed E-state index contributed by atoms with van der Waals surface area (Å²) in [5.74, 6) is -0.345. The fourth-order valence-corrected chi connectivity index (χ4v) is 4.93. The van der Waals surface area contributed by atoms with Gasteiger partial charge in [-0.15, -0.1) is 0 Å². The van der Waals surface area contributed by atoms with E-state index in [0.29, 0.717) is 12.6 Å². The first-order valence-electron chi connectivity index (χ1n) is 11.4. The van der Waals surface area contributed by atoms with Crippen LogP contribution in [0.2, 0.25) is 0 Å². The van der Waals surface area contributed by atoms with Crippen molar-refractivity contribution in [1.82, 2.24) is 9.47 Å². The smallest absolute Gasteiger partial charge is 0.330 e. The van der Waals surface area contributed by atoms with E-state index in [2.05, 4.69) is 69.8 Å². The van der Waals surface area contributed by atoms with Crippen molar-refractivity contribution in [1.29, 1.82) is 0 Å². The Kier molecular flexibility index (Phi) is 7.08. The van der Waals surface area contributed by atoms with Gasteiger partial charge in [-0.05, 0) is 60.6 Å². The number of nitrogens with zero attached hydrogens (tertiary/aromatic N) is 2. The molecule has 0 aliphatic heterocycles. The maximum absolute atomic E-state index is 11.4. The van der Waals surface area contributed by atoms with Crippen molar-refractivity contribution in [2.45, 2.75) is 38.8 Å². The molecule has 1 aliphatic carbocycles. The summed E-state index contributed by atoms with van der Waals surface area (Å²) in [6, 6.07) is 15.3. The van der Waals surface area contributed by atoms with Gasteiger partial charge < -0.3 is 14.4 Å². The monoisotopic (exact) mass is 432 g/mol. The van der Waals surface area contributed by atoms with E-state index in [4.69, 9.17) is 0 Å². The number of methoxy groups -OCH3 is 1. The lowest BCUT2D eigenvalue weighted by Crippen LogP contribution is -2.32. The first-order chi connectivity index (χ1) is 15.6. The molecular weight excluding hydrogens is 400 g/mol. The topological polar surface area (TPSA) is 54.7 Å². The summed E-state index contributed by atoms with van der Waals surface area (Å²) in [6.45, 7) is 4.87. The zero-order chi connectivity index (χ0) is 22.5.